The number of rotatable bonds is 3. The van der Waals surface area contributed by atoms with Gasteiger partial charge in [0.05, 0.1) is 17.9 Å². The van der Waals surface area contributed by atoms with E-state index in [-0.39, 0.29) is 23.3 Å². The Bertz CT molecular complexity index is 585. The van der Waals surface area contributed by atoms with Gasteiger partial charge in [0.2, 0.25) is 5.91 Å². The average molecular weight is 369 g/mol. The highest BCUT2D eigenvalue weighted by Crippen LogP contribution is 2.26. The fourth-order valence-corrected chi connectivity index (χ4v) is 3.50. The number of amides is 2. The fourth-order valence-electron chi connectivity index (χ4n) is 2.89. The van der Waals surface area contributed by atoms with Crippen molar-refractivity contribution in [1.82, 2.24) is 15.1 Å². The Morgan fingerprint density at radius 3 is 2.64 bits per heavy atom. The van der Waals surface area contributed by atoms with E-state index in [1.807, 2.05) is 34.0 Å². The van der Waals surface area contributed by atoms with E-state index in [1.165, 1.54) is 6.21 Å². The van der Waals surface area contributed by atoms with Gasteiger partial charge in [-0.15, -0.1) is 0 Å². The van der Waals surface area contributed by atoms with Crippen LogP contribution in [0.2, 0.25) is 0 Å². The van der Waals surface area contributed by atoms with Gasteiger partial charge in [-0.25, -0.2) is 4.79 Å². The molecule has 0 aromatic rings. The highest BCUT2D eigenvalue weighted by Gasteiger charge is 2.35. The average Bonchev–Trinajstić information content (AvgIpc) is 2.89. The van der Waals surface area contributed by atoms with Crippen molar-refractivity contribution in [2.75, 3.05) is 25.9 Å². The first-order valence-electron chi connectivity index (χ1n) is 8.46. The van der Waals surface area contributed by atoms with Gasteiger partial charge in [0.25, 0.3) is 0 Å². The summed E-state index contributed by atoms with van der Waals surface area (Å²) in [5.74, 6) is 0.0228. The van der Waals surface area contributed by atoms with Crippen molar-refractivity contribution < 1.29 is 14.3 Å². The van der Waals surface area contributed by atoms with Crippen LogP contribution in [-0.4, -0.2) is 70.8 Å². The largest absolute Gasteiger partial charge is 0.444 e. The SMILES string of the molecule is CSC1CC(=O)N(/C(C=N)=C2\CN(C(=O)OC(C)(C)C)[C@@H](C)CN2)C1. The van der Waals surface area contributed by atoms with Crippen molar-refractivity contribution in [3.8, 4) is 0 Å². The molecule has 2 amide bonds. The summed E-state index contributed by atoms with van der Waals surface area (Å²) >= 11 is 1.66. The monoisotopic (exact) mass is 368 g/mol. The summed E-state index contributed by atoms with van der Waals surface area (Å²) in [5, 5.41) is 11.3. The number of piperazine rings is 1. The van der Waals surface area contributed by atoms with Crippen molar-refractivity contribution in [3.63, 3.8) is 0 Å². The van der Waals surface area contributed by atoms with E-state index in [9.17, 15) is 9.59 Å². The minimum absolute atomic E-state index is 0.0228. The van der Waals surface area contributed by atoms with E-state index in [1.54, 1.807) is 21.6 Å². The lowest BCUT2D eigenvalue weighted by Gasteiger charge is -2.38. The van der Waals surface area contributed by atoms with Crippen LogP contribution in [0.3, 0.4) is 0 Å². The van der Waals surface area contributed by atoms with Crippen LogP contribution in [-0.2, 0) is 9.53 Å². The van der Waals surface area contributed by atoms with Gasteiger partial charge in [-0.2, -0.15) is 11.8 Å². The summed E-state index contributed by atoms with van der Waals surface area (Å²) in [6.45, 7) is 8.91. The van der Waals surface area contributed by atoms with Crippen LogP contribution in [0.5, 0.6) is 0 Å². The van der Waals surface area contributed by atoms with Gasteiger partial charge in [-0.1, -0.05) is 0 Å². The maximum Gasteiger partial charge on any atom is 0.410 e. The first kappa shape index (κ1) is 19.6. The van der Waals surface area contributed by atoms with Crippen LogP contribution in [0.4, 0.5) is 4.79 Å². The Hall–Kier alpha value is -1.70. The van der Waals surface area contributed by atoms with Gasteiger partial charge < -0.3 is 20.4 Å². The smallest absolute Gasteiger partial charge is 0.410 e. The summed E-state index contributed by atoms with van der Waals surface area (Å²) < 4.78 is 5.49. The van der Waals surface area contributed by atoms with Crippen molar-refractivity contribution in [2.24, 2.45) is 0 Å². The molecule has 7 nitrogen and oxygen atoms in total. The molecule has 2 aliphatic rings. The van der Waals surface area contributed by atoms with Gasteiger partial charge in [-0.05, 0) is 34.0 Å². The van der Waals surface area contributed by atoms with Crippen molar-refractivity contribution >= 4 is 30.0 Å². The zero-order valence-electron chi connectivity index (χ0n) is 15.6. The summed E-state index contributed by atoms with van der Waals surface area (Å²) in [7, 11) is 0. The lowest BCUT2D eigenvalue weighted by molar-refractivity contribution is -0.125. The molecule has 0 radical (unpaired) electrons. The molecular weight excluding hydrogens is 340 g/mol. The number of carbonyl (C=O) groups is 2. The van der Waals surface area contributed by atoms with E-state index < -0.39 is 5.60 Å². The molecule has 2 atom stereocenters. The zero-order valence-corrected chi connectivity index (χ0v) is 16.4. The molecule has 2 heterocycles. The van der Waals surface area contributed by atoms with E-state index in [4.69, 9.17) is 10.1 Å². The van der Waals surface area contributed by atoms with Crippen molar-refractivity contribution in [2.45, 2.75) is 51.0 Å². The normalized spacial score (nSPS) is 26.4. The van der Waals surface area contributed by atoms with Crippen LogP contribution >= 0.6 is 11.8 Å². The number of nitrogens with zero attached hydrogens (tertiary/aromatic N) is 2. The van der Waals surface area contributed by atoms with E-state index in [0.29, 0.717) is 37.4 Å². The summed E-state index contributed by atoms with van der Waals surface area (Å²) in [6, 6.07) is -0.0289. The Kier molecular flexibility index (Phi) is 6.03. The van der Waals surface area contributed by atoms with Crippen LogP contribution in [0.25, 0.3) is 0 Å². The summed E-state index contributed by atoms with van der Waals surface area (Å²) in [4.78, 5) is 28.1. The predicted octanol–water partition coefficient (Wildman–Crippen LogP) is 2.04. The van der Waals surface area contributed by atoms with Crippen LogP contribution in [0.15, 0.2) is 11.4 Å². The molecule has 2 saturated heterocycles. The van der Waals surface area contributed by atoms with Crippen LogP contribution in [0.1, 0.15) is 34.1 Å². The summed E-state index contributed by atoms with van der Waals surface area (Å²) in [5.41, 5.74) is 0.697. The minimum Gasteiger partial charge on any atom is -0.444 e. The van der Waals surface area contributed by atoms with Crippen molar-refractivity contribution in [3.05, 3.63) is 11.4 Å². The minimum atomic E-state index is -0.563. The molecule has 8 heteroatoms. The number of allylic oxidation sites excluding steroid dienone is 1. The van der Waals surface area contributed by atoms with Gasteiger partial charge in [-0.3, -0.25) is 9.69 Å². The number of thioether (sulfide) groups is 1. The summed E-state index contributed by atoms with van der Waals surface area (Å²) in [6.07, 6.45) is 3.30. The molecule has 0 aromatic heterocycles. The second-order valence-corrected chi connectivity index (χ2v) is 8.55. The van der Waals surface area contributed by atoms with Crippen molar-refractivity contribution in [1.29, 1.82) is 5.41 Å². The van der Waals surface area contributed by atoms with Gasteiger partial charge >= 0.3 is 6.09 Å². The highest BCUT2D eigenvalue weighted by molar-refractivity contribution is 7.99. The molecule has 0 aliphatic carbocycles. The van der Waals surface area contributed by atoms with E-state index >= 15 is 0 Å². The standard InChI is InChI=1S/C17H28N4O3S/c1-11-8-19-13(10-20(11)16(23)24-17(2,3)4)14(7-18)21-9-12(25-5)6-15(21)22/h7,11-12,18-19H,6,8-10H2,1-5H3/b14-13+,18-7?/t11-,12?/m0/s1. The maximum absolute atomic E-state index is 12.5. The second-order valence-electron chi connectivity index (χ2n) is 7.41. The molecule has 0 spiro atoms. The van der Waals surface area contributed by atoms with Crippen LogP contribution < -0.4 is 5.32 Å². The Morgan fingerprint density at radius 1 is 1.44 bits per heavy atom. The topological polar surface area (TPSA) is 85.7 Å². The number of hydrogen-bond acceptors (Lipinski definition) is 6. The van der Waals surface area contributed by atoms with E-state index in [2.05, 4.69) is 5.32 Å². The lowest BCUT2D eigenvalue weighted by Crippen LogP contribution is -2.53. The highest BCUT2D eigenvalue weighted by atomic mass is 32.2. The Balaban J connectivity index is 2.22. The van der Waals surface area contributed by atoms with Gasteiger partial charge in [0.15, 0.2) is 0 Å². The lowest BCUT2D eigenvalue weighted by atomic mass is 10.1. The molecule has 0 bridgehead atoms. The van der Waals surface area contributed by atoms with Gasteiger partial charge in [0.1, 0.15) is 5.60 Å². The Morgan fingerprint density at radius 2 is 2.12 bits per heavy atom. The van der Waals surface area contributed by atoms with Gasteiger partial charge in [0, 0.05) is 37.0 Å². The first-order valence-corrected chi connectivity index (χ1v) is 9.75. The molecule has 25 heavy (non-hydrogen) atoms. The third kappa shape index (κ3) is 4.68. The number of hydrogen-bond donors (Lipinski definition) is 2. The Labute approximate surface area is 153 Å². The predicted molar refractivity (Wildman–Crippen MR) is 99.8 cm³/mol. The molecule has 0 saturated carbocycles. The second kappa shape index (κ2) is 7.68. The number of likely N-dealkylation sites (tertiary alicyclic amines) is 1. The fraction of sp³-hybridized carbons (Fsp3) is 0.706. The molecule has 2 N–H and O–H groups in total. The molecule has 1 unspecified atom stereocenters. The third-order valence-corrected chi connectivity index (χ3v) is 5.24. The number of carbonyl (C=O) groups excluding carboxylic acids is 2. The zero-order chi connectivity index (χ0) is 18.8. The van der Waals surface area contributed by atoms with Crippen LogP contribution in [0, 0.1) is 5.41 Å². The molecule has 2 fully saturated rings. The molecule has 0 aromatic carbocycles. The van der Waals surface area contributed by atoms with E-state index in [0.717, 1.165) is 0 Å². The number of ether oxygens (including phenoxy) is 1. The first-order chi connectivity index (χ1) is 11.7. The molecule has 2 aliphatic heterocycles. The molecular formula is C17H28N4O3S. The number of nitrogens with one attached hydrogen (secondary N) is 2. The quantitative estimate of drug-likeness (QED) is 0.745. The molecule has 140 valence electrons. The maximum atomic E-state index is 12.5. The molecule has 2 rings (SSSR count). The third-order valence-electron chi connectivity index (χ3n) is 4.26.